The van der Waals surface area contributed by atoms with E-state index in [9.17, 15) is 20.4 Å². The zero-order valence-corrected chi connectivity index (χ0v) is 11.2. The number of aliphatic hydroxyl groups is 5. The van der Waals surface area contributed by atoms with Crippen LogP contribution in [0.5, 0.6) is 0 Å². The van der Waals surface area contributed by atoms with Gasteiger partial charge in [0.2, 0.25) is 0 Å². The van der Waals surface area contributed by atoms with E-state index in [1.807, 2.05) is 0 Å². The van der Waals surface area contributed by atoms with E-state index in [0.29, 0.717) is 0 Å². The lowest BCUT2D eigenvalue weighted by atomic mass is 9.98. The Morgan fingerprint density at radius 2 is 1.71 bits per heavy atom. The van der Waals surface area contributed by atoms with Crippen molar-refractivity contribution in [3.05, 3.63) is 0 Å². The highest BCUT2D eigenvalue weighted by Crippen LogP contribution is 2.25. The standard InChI is InChI=1S/C11H22N2O8/c12-3-2-19-11(5(13)6(3)15)21-9-8(17)7(16)4(1-14)20-10(9)18/h3-11,14-18H,1-2,12-13H2/t3-,4-,5-,6+,7-,8+,9+,10+,11+/m1/s1. The first-order valence-corrected chi connectivity index (χ1v) is 6.63. The van der Waals surface area contributed by atoms with Crippen LogP contribution in [0.15, 0.2) is 0 Å². The summed E-state index contributed by atoms with van der Waals surface area (Å²) < 4.78 is 15.5. The molecule has 10 nitrogen and oxygen atoms in total. The van der Waals surface area contributed by atoms with Crippen molar-refractivity contribution in [2.75, 3.05) is 13.2 Å². The van der Waals surface area contributed by atoms with Gasteiger partial charge in [-0.2, -0.15) is 0 Å². The number of nitrogens with two attached hydrogens (primary N) is 2. The molecule has 0 aliphatic carbocycles. The summed E-state index contributed by atoms with van der Waals surface area (Å²) in [4.78, 5) is 0. The van der Waals surface area contributed by atoms with Crippen LogP contribution in [0.25, 0.3) is 0 Å². The van der Waals surface area contributed by atoms with E-state index in [4.69, 9.17) is 30.8 Å². The molecule has 0 aromatic rings. The second-order valence-corrected chi connectivity index (χ2v) is 5.26. The monoisotopic (exact) mass is 310 g/mol. The molecule has 0 unspecified atom stereocenters. The van der Waals surface area contributed by atoms with Crippen molar-refractivity contribution >= 4 is 0 Å². The molecule has 2 aliphatic heterocycles. The van der Waals surface area contributed by atoms with E-state index in [2.05, 4.69) is 0 Å². The maximum atomic E-state index is 9.93. The third-order valence-electron chi connectivity index (χ3n) is 3.73. The van der Waals surface area contributed by atoms with Gasteiger partial charge in [0.15, 0.2) is 12.6 Å². The summed E-state index contributed by atoms with van der Waals surface area (Å²) in [5.74, 6) is 0. The van der Waals surface area contributed by atoms with Crippen LogP contribution < -0.4 is 11.5 Å². The van der Waals surface area contributed by atoms with Gasteiger partial charge in [-0.05, 0) is 0 Å². The zero-order valence-electron chi connectivity index (χ0n) is 11.2. The van der Waals surface area contributed by atoms with Gasteiger partial charge in [0, 0.05) is 0 Å². The van der Waals surface area contributed by atoms with E-state index in [1.165, 1.54) is 0 Å². The lowest BCUT2D eigenvalue weighted by Gasteiger charge is -2.43. The Hall–Kier alpha value is -0.400. The lowest BCUT2D eigenvalue weighted by molar-refractivity contribution is -0.332. The molecule has 0 bridgehead atoms. The third kappa shape index (κ3) is 3.35. The molecule has 2 heterocycles. The topological polar surface area (TPSA) is 181 Å². The highest BCUT2D eigenvalue weighted by molar-refractivity contribution is 4.93. The van der Waals surface area contributed by atoms with Crippen LogP contribution >= 0.6 is 0 Å². The van der Waals surface area contributed by atoms with Gasteiger partial charge >= 0.3 is 0 Å². The van der Waals surface area contributed by atoms with Gasteiger partial charge in [-0.25, -0.2) is 0 Å². The summed E-state index contributed by atoms with van der Waals surface area (Å²) in [6.45, 7) is -0.587. The van der Waals surface area contributed by atoms with Crippen molar-refractivity contribution < 1.29 is 39.7 Å². The molecule has 0 amide bonds. The average Bonchev–Trinajstić information content (AvgIpc) is 2.47. The minimum absolute atomic E-state index is 0.0128. The smallest absolute Gasteiger partial charge is 0.184 e. The van der Waals surface area contributed by atoms with Crippen LogP contribution in [0.2, 0.25) is 0 Å². The second kappa shape index (κ2) is 6.79. The van der Waals surface area contributed by atoms with Crippen molar-refractivity contribution in [1.82, 2.24) is 0 Å². The second-order valence-electron chi connectivity index (χ2n) is 5.26. The van der Waals surface area contributed by atoms with Gasteiger partial charge < -0.3 is 51.2 Å². The van der Waals surface area contributed by atoms with Gasteiger partial charge in [0.25, 0.3) is 0 Å². The number of rotatable bonds is 3. The molecule has 0 aromatic heterocycles. The highest BCUT2D eigenvalue weighted by atomic mass is 16.7. The highest BCUT2D eigenvalue weighted by Gasteiger charge is 2.47. The van der Waals surface area contributed by atoms with E-state index in [-0.39, 0.29) is 6.61 Å². The summed E-state index contributed by atoms with van der Waals surface area (Å²) in [5.41, 5.74) is 11.3. The van der Waals surface area contributed by atoms with Crippen molar-refractivity contribution in [2.45, 2.75) is 55.2 Å². The van der Waals surface area contributed by atoms with E-state index >= 15 is 0 Å². The number of hydrogen-bond donors (Lipinski definition) is 7. The van der Waals surface area contributed by atoms with Crippen LogP contribution in [-0.2, 0) is 14.2 Å². The van der Waals surface area contributed by atoms with Gasteiger partial charge in [0.05, 0.1) is 31.4 Å². The maximum Gasteiger partial charge on any atom is 0.184 e. The molecule has 2 rings (SSSR count). The lowest BCUT2D eigenvalue weighted by Crippen LogP contribution is -2.65. The molecule has 0 spiro atoms. The number of ether oxygens (including phenoxy) is 3. The molecule has 0 saturated carbocycles. The summed E-state index contributed by atoms with van der Waals surface area (Å²) in [7, 11) is 0. The fourth-order valence-electron chi connectivity index (χ4n) is 2.37. The maximum absolute atomic E-state index is 9.93. The fraction of sp³-hybridized carbons (Fsp3) is 1.00. The molecule has 0 aromatic carbocycles. The van der Waals surface area contributed by atoms with Crippen molar-refractivity contribution in [3.63, 3.8) is 0 Å². The predicted octanol–water partition coefficient (Wildman–Crippen LogP) is -4.83. The van der Waals surface area contributed by atoms with Gasteiger partial charge in [-0.15, -0.1) is 0 Å². The molecule has 10 heteroatoms. The summed E-state index contributed by atoms with van der Waals surface area (Å²) in [5, 5.41) is 48.2. The van der Waals surface area contributed by atoms with E-state index in [0.717, 1.165) is 0 Å². The first-order chi connectivity index (χ1) is 9.86. The quantitative estimate of drug-likeness (QED) is 0.267. The van der Waals surface area contributed by atoms with Crippen LogP contribution in [-0.4, -0.2) is 93.9 Å². The van der Waals surface area contributed by atoms with Gasteiger partial charge in [0.1, 0.15) is 24.4 Å². The molecule has 2 fully saturated rings. The average molecular weight is 310 g/mol. The largest absolute Gasteiger partial charge is 0.394 e. The molecule has 2 aliphatic rings. The first-order valence-electron chi connectivity index (χ1n) is 6.63. The van der Waals surface area contributed by atoms with Crippen molar-refractivity contribution in [1.29, 1.82) is 0 Å². The summed E-state index contributed by atoms with van der Waals surface area (Å²) >= 11 is 0. The molecule has 2 saturated heterocycles. The Morgan fingerprint density at radius 1 is 1.05 bits per heavy atom. The van der Waals surface area contributed by atoms with Gasteiger partial charge in [-0.1, -0.05) is 0 Å². The first kappa shape index (κ1) is 17.0. The van der Waals surface area contributed by atoms with Crippen LogP contribution in [0, 0.1) is 0 Å². The Bertz CT molecular complexity index is 348. The molecular weight excluding hydrogens is 288 g/mol. The Labute approximate surface area is 120 Å². The molecule has 9 N–H and O–H groups in total. The predicted molar refractivity (Wildman–Crippen MR) is 66.5 cm³/mol. The van der Waals surface area contributed by atoms with Crippen LogP contribution in [0.4, 0.5) is 0 Å². The van der Waals surface area contributed by atoms with Gasteiger partial charge in [-0.3, -0.25) is 0 Å². The van der Waals surface area contributed by atoms with Crippen LogP contribution in [0.1, 0.15) is 0 Å². The third-order valence-corrected chi connectivity index (χ3v) is 3.73. The van der Waals surface area contributed by atoms with Crippen molar-refractivity contribution in [2.24, 2.45) is 11.5 Å². The van der Waals surface area contributed by atoms with E-state index in [1.54, 1.807) is 0 Å². The van der Waals surface area contributed by atoms with E-state index < -0.39 is 61.8 Å². The summed E-state index contributed by atoms with van der Waals surface area (Å²) in [6.07, 6.45) is -9.24. The molecule has 21 heavy (non-hydrogen) atoms. The minimum Gasteiger partial charge on any atom is -0.394 e. The zero-order chi connectivity index (χ0) is 15.7. The Balaban J connectivity index is 2.01. The number of aliphatic hydroxyl groups excluding tert-OH is 5. The summed E-state index contributed by atoms with van der Waals surface area (Å²) in [6, 6.07) is -1.65. The molecule has 0 radical (unpaired) electrons. The Morgan fingerprint density at radius 3 is 2.33 bits per heavy atom. The number of hydrogen-bond acceptors (Lipinski definition) is 10. The Kier molecular flexibility index (Phi) is 5.48. The SMILES string of the molecule is N[C@H]1[C@H](O[C@H]2[C@@H](O)[C@H](O)[C@@H](CO)O[C@@H]2O)OC[C@@H](N)[C@@H]1O. The fourth-order valence-corrected chi connectivity index (χ4v) is 2.37. The molecule has 9 atom stereocenters. The van der Waals surface area contributed by atoms with Crippen molar-refractivity contribution in [3.8, 4) is 0 Å². The molecular formula is C11H22N2O8. The normalized spacial score (nSPS) is 51.9. The molecule has 124 valence electrons. The minimum atomic E-state index is -1.59. The van der Waals surface area contributed by atoms with Crippen LogP contribution in [0.3, 0.4) is 0 Å².